The zero-order chi connectivity index (χ0) is 15.7. The molecule has 0 aromatic carbocycles. The van der Waals surface area contributed by atoms with Crippen molar-refractivity contribution in [1.82, 2.24) is 4.90 Å². The van der Waals surface area contributed by atoms with Crippen LogP contribution in [0.5, 0.6) is 0 Å². The standard InChI is InChI=1S/C17H34N2O2/c1-3-5-6-10-17(18,16(20)21)11-14-19-12-8-15(7-4-2)9-13-19/h15H,3-14,18H2,1-2H3,(H,20,21). The summed E-state index contributed by atoms with van der Waals surface area (Å²) in [4.78, 5) is 13.9. The molecule has 1 aliphatic heterocycles. The third kappa shape index (κ3) is 6.35. The lowest BCUT2D eigenvalue weighted by molar-refractivity contribution is -0.144. The molecule has 1 rings (SSSR count). The SMILES string of the molecule is CCCCCC(N)(CCN1CCC(CCC)CC1)C(=O)O. The van der Waals surface area contributed by atoms with E-state index in [9.17, 15) is 9.90 Å². The molecule has 1 aliphatic rings. The Morgan fingerprint density at radius 1 is 1.19 bits per heavy atom. The predicted molar refractivity (Wildman–Crippen MR) is 87.4 cm³/mol. The van der Waals surface area contributed by atoms with Gasteiger partial charge in [0, 0.05) is 6.54 Å². The highest BCUT2D eigenvalue weighted by molar-refractivity contribution is 5.78. The molecule has 0 amide bonds. The van der Waals surface area contributed by atoms with Crippen molar-refractivity contribution in [3.05, 3.63) is 0 Å². The van der Waals surface area contributed by atoms with E-state index in [4.69, 9.17) is 5.73 Å². The van der Waals surface area contributed by atoms with Crippen molar-refractivity contribution in [3.63, 3.8) is 0 Å². The summed E-state index contributed by atoms with van der Waals surface area (Å²) in [7, 11) is 0. The molecule has 0 aliphatic carbocycles. The first-order chi connectivity index (χ1) is 10.0. The van der Waals surface area contributed by atoms with E-state index >= 15 is 0 Å². The van der Waals surface area contributed by atoms with Crippen molar-refractivity contribution in [2.45, 2.75) is 77.2 Å². The van der Waals surface area contributed by atoms with Crippen LogP contribution in [-0.4, -0.2) is 41.1 Å². The first-order valence-electron chi connectivity index (χ1n) is 8.76. The second-order valence-electron chi connectivity index (χ2n) is 6.74. The molecule has 4 heteroatoms. The van der Waals surface area contributed by atoms with Gasteiger partial charge in [0.25, 0.3) is 0 Å². The summed E-state index contributed by atoms with van der Waals surface area (Å²) in [6.07, 6.45) is 9.37. The van der Waals surface area contributed by atoms with Gasteiger partial charge >= 0.3 is 5.97 Å². The number of rotatable bonds is 10. The van der Waals surface area contributed by atoms with Crippen LogP contribution in [0.4, 0.5) is 0 Å². The van der Waals surface area contributed by atoms with Gasteiger partial charge in [0.1, 0.15) is 5.54 Å². The molecule has 0 radical (unpaired) electrons. The Bertz CT molecular complexity index is 301. The van der Waals surface area contributed by atoms with Crippen LogP contribution in [0.3, 0.4) is 0 Å². The van der Waals surface area contributed by atoms with Crippen LogP contribution in [0.1, 0.15) is 71.6 Å². The van der Waals surface area contributed by atoms with Crippen molar-refractivity contribution in [2.24, 2.45) is 11.7 Å². The number of aliphatic carboxylic acids is 1. The number of hydrogen-bond donors (Lipinski definition) is 2. The number of nitrogens with two attached hydrogens (primary N) is 1. The number of likely N-dealkylation sites (tertiary alicyclic amines) is 1. The summed E-state index contributed by atoms with van der Waals surface area (Å²) in [6.45, 7) is 7.41. The Morgan fingerprint density at radius 2 is 1.86 bits per heavy atom. The number of carbonyl (C=O) groups is 1. The largest absolute Gasteiger partial charge is 0.480 e. The van der Waals surface area contributed by atoms with E-state index in [1.54, 1.807) is 0 Å². The first kappa shape index (κ1) is 18.4. The predicted octanol–water partition coefficient (Wildman–Crippen LogP) is 3.25. The highest BCUT2D eigenvalue weighted by Crippen LogP contribution is 2.23. The smallest absolute Gasteiger partial charge is 0.323 e. The maximum absolute atomic E-state index is 11.5. The Morgan fingerprint density at radius 3 is 2.38 bits per heavy atom. The van der Waals surface area contributed by atoms with E-state index in [-0.39, 0.29) is 0 Å². The summed E-state index contributed by atoms with van der Waals surface area (Å²) < 4.78 is 0. The van der Waals surface area contributed by atoms with Gasteiger partial charge in [-0.15, -0.1) is 0 Å². The summed E-state index contributed by atoms with van der Waals surface area (Å²) in [6, 6.07) is 0. The molecular weight excluding hydrogens is 264 g/mol. The van der Waals surface area contributed by atoms with Crippen LogP contribution in [0.2, 0.25) is 0 Å². The van der Waals surface area contributed by atoms with Crippen molar-refractivity contribution in [2.75, 3.05) is 19.6 Å². The molecule has 0 saturated carbocycles. The molecule has 1 heterocycles. The second kappa shape index (κ2) is 9.42. The lowest BCUT2D eigenvalue weighted by atomic mass is 9.88. The van der Waals surface area contributed by atoms with Gasteiger partial charge < -0.3 is 15.7 Å². The average Bonchev–Trinajstić information content (AvgIpc) is 2.47. The molecule has 0 bridgehead atoms. The van der Waals surface area contributed by atoms with Gasteiger partial charge in [-0.1, -0.05) is 46.0 Å². The molecule has 21 heavy (non-hydrogen) atoms. The van der Waals surface area contributed by atoms with E-state index in [1.807, 2.05) is 0 Å². The highest BCUT2D eigenvalue weighted by atomic mass is 16.4. The van der Waals surface area contributed by atoms with Crippen LogP contribution in [0.15, 0.2) is 0 Å². The number of unbranched alkanes of at least 4 members (excludes halogenated alkanes) is 2. The Balaban J connectivity index is 2.35. The fraction of sp³-hybridized carbons (Fsp3) is 0.941. The molecule has 124 valence electrons. The van der Waals surface area contributed by atoms with E-state index < -0.39 is 11.5 Å². The Labute approximate surface area is 130 Å². The van der Waals surface area contributed by atoms with E-state index in [2.05, 4.69) is 18.7 Å². The van der Waals surface area contributed by atoms with Crippen LogP contribution in [0.25, 0.3) is 0 Å². The number of carboxylic acid groups (broad SMARTS) is 1. The average molecular weight is 298 g/mol. The second-order valence-corrected chi connectivity index (χ2v) is 6.74. The van der Waals surface area contributed by atoms with Gasteiger partial charge in [-0.05, 0) is 44.7 Å². The van der Waals surface area contributed by atoms with Gasteiger partial charge in [0.05, 0.1) is 0 Å². The molecule has 1 fully saturated rings. The van der Waals surface area contributed by atoms with Crippen LogP contribution in [-0.2, 0) is 4.79 Å². The molecule has 1 atom stereocenters. The van der Waals surface area contributed by atoms with Gasteiger partial charge in [0.2, 0.25) is 0 Å². The number of nitrogens with zero attached hydrogens (tertiary/aromatic N) is 1. The van der Waals surface area contributed by atoms with Crippen molar-refractivity contribution in [3.8, 4) is 0 Å². The van der Waals surface area contributed by atoms with Gasteiger partial charge in [0.15, 0.2) is 0 Å². The topological polar surface area (TPSA) is 66.6 Å². The molecule has 1 unspecified atom stereocenters. The quantitative estimate of drug-likeness (QED) is 0.608. The van der Waals surface area contributed by atoms with Crippen molar-refractivity contribution < 1.29 is 9.90 Å². The van der Waals surface area contributed by atoms with Crippen LogP contribution in [0, 0.1) is 5.92 Å². The molecule has 1 saturated heterocycles. The Hall–Kier alpha value is -0.610. The summed E-state index contributed by atoms with van der Waals surface area (Å²) in [5, 5.41) is 9.43. The molecule has 0 spiro atoms. The first-order valence-corrected chi connectivity index (χ1v) is 8.76. The van der Waals surface area contributed by atoms with Gasteiger partial charge in [-0.2, -0.15) is 0 Å². The molecule has 0 aromatic heterocycles. The van der Waals surface area contributed by atoms with Crippen molar-refractivity contribution >= 4 is 5.97 Å². The lowest BCUT2D eigenvalue weighted by Crippen LogP contribution is -2.50. The minimum absolute atomic E-state index is 0.574. The van der Waals surface area contributed by atoms with E-state index in [0.29, 0.717) is 12.8 Å². The van der Waals surface area contributed by atoms with Gasteiger partial charge in [-0.3, -0.25) is 4.79 Å². The summed E-state index contributed by atoms with van der Waals surface area (Å²) >= 11 is 0. The zero-order valence-electron chi connectivity index (χ0n) is 13.9. The summed E-state index contributed by atoms with van der Waals surface area (Å²) in [5.74, 6) is 0.0392. The summed E-state index contributed by atoms with van der Waals surface area (Å²) in [5.41, 5.74) is 5.12. The highest BCUT2D eigenvalue weighted by Gasteiger charge is 2.33. The minimum Gasteiger partial charge on any atom is -0.480 e. The monoisotopic (exact) mass is 298 g/mol. The Kier molecular flexibility index (Phi) is 8.27. The maximum atomic E-state index is 11.5. The molecular formula is C17H34N2O2. The van der Waals surface area contributed by atoms with Crippen molar-refractivity contribution in [1.29, 1.82) is 0 Å². The molecule has 0 aromatic rings. The maximum Gasteiger partial charge on any atom is 0.323 e. The number of hydrogen-bond acceptors (Lipinski definition) is 3. The van der Waals surface area contributed by atoms with E-state index in [0.717, 1.165) is 44.8 Å². The fourth-order valence-electron chi connectivity index (χ4n) is 3.29. The fourth-order valence-corrected chi connectivity index (χ4v) is 3.29. The van der Waals surface area contributed by atoms with Gasteiger partial charge in [-0.25, -0.2) is 0 Å². The third-order valence-corrected chi connectivity index (χ3v) is 4.93. The van der Waals surface area contributed by atoms with Crippen LogP contribution < -0.4 is 5.73 Å². The normalized spacial score (nSPS) is 20.3. The number of piperidine rings is 1. The minimum atomic E-state index is -1.03. The number of carboxylic acids is 1. The lowest BCUT2D eigenvalue weighted by Gasteiger charge is -2.34. The van der Waals surface area contributed by atoms with Crippen LogP contribution >= 0.6 is 0 Å². The third-order valence-electron chi connectivity index (χ3n) is 4.93. The zero-order valence-corrected chi connectivity index (χ0v) is 13.9. The molecule has 4 nitrogen and oxygen atoms in total. The van der Waals surface area contributed by atoms with E-state index in [1.165, 1.54) is 25.7 Å². The molecule has 3 N–H and O–H groups in total.